The fraction of sp³-hybridized carbons (Fsp3) is 0.333. The van der Waals surface area contributed by atoms with Gasteiger partial charge in [-0.2, -0.15) is 18.3 Å². The first kappa shape index (κ1) is 23.4. The number of thiophene rings is 1. The molecule has 182 valence electrons. The molecule has 35 heavy (non-hydrogen) atoms. The molecule has 4 aromatic heterocycles. The minimum atomic E-state index is -4.80. The van der Waals surface area contributed by atoms with Crippen LogP contribution in [0, 0.1) is 5.92 Å². The minimum Gasteiger partial charge on any atom is -0.383 e. The Morgan fingerprint density at radius 2 is 2.03 bits per heavy atom. The van der Waals surface area contributed by atoms with Crippen molar-refractivity contribution in [3.63, 3.8) is 0 Å². The minimum absolute atomic E-state index is 0.146. The van der Waals surface area contributed by atoms with Gasteiger partial charge in [0.25, 0.3) is 0 Å². The molecule has 0 spiro atoms. The molecule has 1 fully saturated rings. The molecule has 4 heterocycles. The van der Waals surface area contributed by atoms with E-state index in [2.05, 4.69) is 20.1 Å². The van der Waals surface area contributed by atoms with Gasteiger partial charge in [-0.05, 0) is 37.1 Å². The van der Waals surface area contributed by atoms with Crippen molar-refractivity contribution < 1.29 is 18.3 Å². The zero-order valence-electron chi connectivity index (χ0n) is 19.0. The highest BCUT2D eigenvalue weighted by Gasteiger charge is 2.61. The molecule has 7 nitrogen and oxygen atoms in total. The highest BCUT2D eigenvalue weighted by atomic mass is 32.1. The SMILES string of the molecule is CN=Cc1cc(-c2cc(-c3ccnn3C)c3cc(C(O)(C4CCC4)C(F)(F)F)sc3n2)cnc1N. The van der Waals surface area contributed by atoms with E-state index < -0.39 is 17.7 Å². The summed E-state index contributed by atoms with van der Waals surface area (Å²) in [5, 5.41) is 15.8. The standard InChI is InChI=1S/C24H23F3N6OS/c1-29-11-14-8-13(12-30-21(14)28)18-9-16(19-6-7-31-33(19)2)17-10-20(35-22(17)32-18)23(34,24(25,26)27)15-4-3-5-15/h6-12,15,34H,3-5H2,1-2H3,(H2,28,30). The van der Waals surface area contributed by atoms with E-state index >= 15 is 0 Å². The molecule has 0 amide bonds. The van der Waals surface area contributed by atoms with E-state index in [1.165, 1.54) is 6.07 Å². The molecule has 0 aromatic carbocycles. The fourth-order valence-corrected chi connectivity index (χ4v) is 5.72. The second kappa shape index (κ2) is 8.42. The molecule has 0 saturated heterocycles. The average Bonchev–Trinajstić information content (AvgIpc) is 3.39. The number of nitrogens with two attached hydrogens (primary N) is 1. The van der Waals surface area contributed by atoms with Gasteiger partial charge in [-0.3, -0.25) is 9.67 Å². The first-order valence-electron chi connectivity index (χ1n) is 11.0. The Kier molecular flexibility index (Phi) is 5.64. The van der Waals surface area contributed by atoms with Crippen molar-refractivity contribution in [2.45, 2.75) is 31.0 Å². The van der Waals surface area contributed by atoms with E-state index in [4.69, 9.17) is 5.73 Å². The summed E-state index contributed by atoms with van der Waals surface area (Å²) in [4.78, 5) is 13.1. The molecule has 0 radical (unpaired) electrons. The molecular formula is C24H23F3N6OS. The number of alkyl halides is 3. The lowest BCUT2D eigenvalue weighted by atomic mass is 9.71. The van der Waals surface area contributed by atoms with Crippen molar-refractivity contribution >= 4 is 33.6 Å². The van der Waals surface area contributed by atoms with Crippen molar-refractivity contribution in [1.82, 2.24) is 19.7 Å². The number of fused-ring (bicyclic) bond motifs is 1. The second-order valence-electron chi connectivity index (χ2n) is 8.70. The maximum atomic E-state index is 14.2. The summed E-state index contributed by atoms with van der Waals surface area (Å²) in [6.45, 7) is 0. The number of rotatable bonds is 5. The Morgan fingerprint density at radius 3 is 2.63 bits per heavy atom. The zero-order chi connectivity index (χ0) is 25.0. The van der Waals surface area contributed by atoms with Crippen LogP contribution in [-0.2, 0) is 12.6 Å². The monoisotopic (exact) mass is 500 g/mol. The molecule has 0 bridgehead atoms. The van der Waals surface area contributed by atoms with Crippen molar-refractivity contribution in [1.29, 1.82) is 0 Å². The Bertz CT molecular complexity index is 1440. The number of aliphatic imine (C=N–C) groups is 1. The normalized spacial score (nSPS) is 16.6. The van der Waals surface area contributed by atoms with E-state index in [0.717, 1.165) is 11.3 Å². The number of nitrogen functional groups attached to an aromatic ring is 1. The highest BCUT2D eigenvalue weighted by Crippen LogP contribution is 2.54. The largest absolute Gasteiger partial charge is 0.422 e. The van der Waals surface area contributed by atoms with Crippen molar-refractivity contribution in [3.8, 4) is 22.5 Å². The van der Waals surface area contributed by atoms with Gasteiger partial charge in [-0.1, -0.05) is 6.42 Å². The van der Waals surface area contributed by atoms with Gasteiger partial charge in [0.2, 0.25) is 0 Å². The molecule has 1 atom stereocenters. The summed E-state index contributed by atoms with van der Waals surface area (Å²) >= 11 is 0.870. The predicted molar refractivity (Wildman–Crippen MR) is 130 cm³/mol. The van der Waals surface area contributed by atoms with Crippen LogP contribution in [-0.4, -0.2) is 44.3 Å². The number of aliphatic hydroxyl groups is 1. The Labute approximate surface area is 203 Å². The Hall–Kier alpha value is -3.31. The summed E-state index contributed by atoms with van der Waals surface area (Å²) in [6.07, 6.45) is 1.30. The van der Waals surface area contributed by atoms with Gasteiger partial charge in [-0.25, -0.2) is 9.97 Å². The van der Waals surface area contributed by atoms with Gasteiger partial charge in [0.1, 0.15) is 10.6 Å². The third kappa shape index (κ3) is 3.79. The maximum absolute atomic E-state index is 14.2. The van der Waals surface area contributed by atoms with Gasteiger partial charge in [-0.15, -0.1) is 11.3 Å². The predicted octanol–water partition coefficient (Wildman–Crippen LogP) is 4.94. The number of hydrogen-bond donors (Lipinski definition) is 2. The van der Waals surface area contributed by atoms with Crippen LogP contribution in [0.15, 0.2) is 41.7 Å². The maximum Gasteiger partial charge on any atom is 0.422 e. The zero-order valence-corrected chi connectivity index (χ0v) is 19.9. The van der Waals surface area contributed by atoms with E-state index in [9.17, 15) is 18.3 Å². The number of pyridine rings is 2. The van der Waals surface area contributed by atoms with Crippen LogP contribution in [0.4, 0.5) is 19.0 Å². The topological polar surface area (TPSA) is 102 Å². The van der Waals surface area contributed by atoms with Gasteiger partial charge in [0.05, 0.1) is 11.4 Å². The first-order chi connectivity index (χ1) is 16.6. The van der Waals surface area contributed by atoms with E-state index in [1.807, 2.05) is 0 Å². The van der Waals surface area contributed by atoms with Gasteiger partial charge >= 0.3 is 6.18 Å². The number of halogens is 3. The highest BCUT2D eigenvalue weighted by molar-refractivity contribution is 7.18. The quantitative estimate of drug-likeness (QED) is 0.378. The molecule has 1 unspecified atom stereocenters. The third-order valence-corrected chi connectivity index (χ3v) is 7.77. The van der Waals surface area contributed by atoms with Crippen LogP contribution in [0.5, 0.6) is 0 Å². The average molecular weight is 501 g/mol. The second-order valence-corrected chi connectivity index (χ2v) is 9.73. The van der Waals surface area contributed by atoms with E-state index in [-0.39, 0.29) is 4.88 Å². The molecule has 11 heteroatoms. The van der Waals surface area contributed by atoms with Gasteiger partial charge in [0.15, 0.2) is 5.60 Å². The van der Waals surface area contributed by atoms with Crippen LogP contribution in [0.1, 0.15) is 29.7 Å². The van der Waals surface area contributed by atoms with E-state index in [0.29, 0.717) is 63.4 Å². The van der Waals surface area contributed by atoms with Gasteiger partial charge in [0, 0.05) is 65.6 Å². The lowest BCUT2D eigenvalue weighted by Crippen LogP contribution is -2.50. The van der Waals surface area contributed by atoms with Crippen molar-refractivity contribution in [3.05, 3.63) is 47.1 Å². The smallest absolute Gasteiger partial charge is 0.383 e. The lowest BCUT2D eigenvalue weighted by molar-refractivity contribution is -0.294. The number of aryl methyl sites for hydroxylation is 1. The molecule has 0 aliphatic heterocycles. The summed E-state index contributed by atoms with van der Waals surface area (Å²) in [5.41, 5.74) is 6.16. The number of hydrogen-bond acceptors (Lipinski definition) is 7. The summed E-state index contributed by atoms with van der Waals surface area (Å²) in [5.74, 6) is -0.561. The van der Waals surface area contributed by atoms with Crippen molar-refractivity contribution in [2.75, 3.05) is 12.8 Å². The fourth-order valence-electron chi connectivity index (χ4n) is 4.47. The summed E-state index contributed by atoms with van der Waals surface area (Å²) < 4.78 is 44.3. The molecule has 5 rings (SSSR count). The number of aromatic nitrogens is 4. The first-order valence-corrected chi connectivity index (χ1v) is 11.9. The van der Waals surface area contributed by atoms with Gasteiger partial charge < -0.3 is 10.8 Å². The lowest BCUT2D eigenvalue weighted by Gasteiger charge is -2.41. The number of nitrogens with zero attached hydrogens (tertiary/aromatic N) is 5. The van der Waals surface area contributed by atoms with Crippen LogP contribution >= 0.6 is 11.3 Å². The Balaban J connectivity index is 1.75. The molecule has 4 aromatic rings. The van der Waals surface area contributed by atoms with Crippen molar-refractivity contribution in [2.24, 2.45) is 18.0 Å². The third-order valence-electron chi connectivity index (χ3n) is 6.62. The Morgan fingerprint density at radius 1 is 1.26 bits per heavy atom. The molecule has 1 aliphatic rings. The van der Waals surface area contributed by atoms with Crippen LogP contribution in [0.3, 0.4) is 0 Å². The molecule has 1 aliphatic carbocycles. The summed E-state index contributed by atoms with van der Waals surface area (Å²) in [6, 6.07) is 6.80. The molecule has 1 saturated carbocycles. The molecule has 3 N–H and O–H groups in total. The van der Waals surface area contributed by atoms with Crippen LogP contribution in [0.2, 0.25) is 0 Å². The van der Waals surface area contributed by atoms with E-state index in [1.54, 1.807) is 55.6 Å². The summed E-state index contributed by atoms with van der Waals surface area (Å²) in [7, 11) is 3.38. The number of anilines is 1. The molecular weight excluding hydrogens is 477 g/mol. The van der Waals surface area contributed by atoms with Crippen LogP contribution < -0.4 is 5.73 Å². The van der Waals surface area contributed by atoms with Crippen LogP contribution in [0.25, 0.3) is 32.7 Å².